The van der Waals surface area contributed by atoms with Crippen LogP contribution in [0.3, 0.4) is 0 Å². The molecular weight excluding hydrogens is 370 g/mol. The van der Waals surface area contributed by atoms with Crippen LogP contribution in [0.1, 0.15) is 65.3 Å². The molecule has 4 bridgehead atoms. The second-order valence-electron chi connectivity index (χ2n) is 8.88. The van der Waals surface area contributed by atoms with E-state index in [4.69, 9.17) is 4.74 Å². The molecule has 4 aliphatic rings. The van der Waals surface area contributed by atoms with Crippen LogP contribution in [0.4, 0.5) is 0 Å². The number of amides is 1. The molecule has 8 nitrogen and oxygen atoms in total. The lowest BCUT2D eigenvalue weighted by Gasteiger charge is -2.61. The van der Waals surface area contributed by atoms with Gasteiger partial charge in [-0.3, -0.25) is 9.78 Å². The van der Waals surface area contributed by atoms with Gasteiger partial charge in [0.15, 0.2) is 0 Å². The average molecular weight is 393 g/mol. The van der Waals surface area contributed by atoms with Crippen LogP contribution < -0.4 is 5.32 Å². The lowest BCUT2D eigenvalue weighted by atomic mass is 9.51. The number of esters is 1. The number of carbonyl (C=O) groups excluding carboxylic acids is 2. The van der Waals surface area contributed by atoms with Crippen molar-refractivity contribution in [1.29, 1.82) is 0 Å². The van der Waals surface area contributed by atoms with Crippen molar-refractivity contribution in [2.24, 2.45) is 11.8 Å². The van der Waals surface area contributed by atoms with E-state index in [0.29, 0.717) is 24.0 Å². The molecule has 0 radical (unpaired) electrons. The van der Waals surface area contributed by atoms with Crippen LogP contribution in [0.25, 0.3) is 0 Å². The third-order valence-electron chi connectivity index (χ3n) is 6.47. The highest BCUT2D eigenvalue weighted by Crippen LogP contribution is 2.59. The minimum Gasteiger partial charge on any atom is -0.453 e. The SMILES string of the molecule is Cc1ccnc(C(=O)OC23CC4CC(CC(NC(=O)c5cnccn5)(C4)C2)C3)n1. The van der Waals surface area contributed by atoms with Gasteiger partial charge in [0.05, 0.1) is 6.20 Å². The number of nitrogens with zero attached hydrogens (tertiary/aromatic N) is 4. The number of carbonyl (C=O) groups is 2. The molecule has 4 fully saturated rings. The largest absolute Gasteiger partial charge is 0.453 e. The van der Waals surface area contributed by atoms with Crippen molar-refractivity contribution in [3.8, 4) is 0 Å². The lowest BCUT2D eigenvalue weighted by Crippen LogP contribution is -2.66. The van der Waals surface area contributed by atoms with Crippen LogP contribution in [0.2, 0.25) is 0 Å². The summed E-state index contributed by atoms with van der Waals surface area (Å²) < 4.78 is 6.06. The fraction of sp³-hybridized carbons (Fsp3) is 0.524. The van der Waals surface area contributed by atoms with Crippen molar-refractivity contribution in [1.82, 2.24) is 25.3 Å². The third kappa shape index (κ3) is 3.36. The smallest absolute Gasteiger partial charge is 0.376 e. The van der Waals surface area contributed by atoms with Gasteiger partial charge >= 0.3 is 5.97 Å². The van der Waals surface area contributed by atoms with Crippen LogP contribution in [0.5, 0.6) is 0 Å². The molecule has 0 aliphatic heterocycles. The normalized spacial score (nSPS) is 32.0. The maximum absolute atomic E-state index is 12.8. The Morgan fingerprint density at radius 3 is 2.59 bits per heavy atom. The minimum atomic E-state index is -0.566. The monoisotopic (exact) mass is 393 g/mol. The third-order valence-corrected chi connectivity index (χ3v) is 6.47. The highest BCUT2D eigenvalue weighted by Gasteiger charge is 2.60. The Morgan fingerprint density at radius 2 is 1.90 bits per heavy atom. The van der Waals surface area contributed by atoms with Crippen molar-refractivity contribution in [2.75, 3.05) is 0 Å². The molecule has 2 aromatic rings. The molecule has 0 spiro atoms. The summed E-state index contributed by atoms with van der Waals surface area (Å²) in [6.45, 7) is 1.82. The van der Waals surface area contributed by atoms with Crippen LogP contribution >= 0.6 is 0 Å². The van der Waals surface area contributed by atoms with Gasteiger partial charge in [0, 0.05) is 36.2 Å². The van der Waals surface area contributed by atoms with Crippen molar-refractivity contribution >= 4 is 11.9 Å². The number of nitrogens with one attached hydrogen (secondary N) is 1. The number of hydrogen-bond acceptors (Lipinski definition) is 7. The average Bonchev–Trinajstić information content (AvgIpc) is 2.67. The minimum absolute atomic E-state index is 0.0957. The van der Waals surface area contributed by atoms with Crippen molar-refractivity contribution < 1.29 is 14.3 Å². The molecule has 2 aromatic heterocycles. The van der Waals surface area contributed by atoms with E-state index < -0.39 is 11.6 Å². The van der Waals surface area contributed by atoms with E-state index in [9.17, 15) is 9.59 Å². The van der Waals surface area contributed by atoms with Crippen LogP contribution in [0, 0.1) is 18.8 Å². The molecule has 4 saturated carbocycles. The van der Waals surface area contributed by atoms with Gasteiger partial charge in [-0.25, -0.2) is 19.7 Å². The molecule has 1 amide bonds. The van der Waals surface area contributed by atoms with Gasteiger partial charge in [0.2, 0.25) is 5.82 Å². The molecule has 29 heavy (non-hydrogen) atoms. The van der Waals surface area contributed by atoms with Gasteiger partial charge in [-0.2, -0.15) is 0 Å². The summed E-state index contributed by atoms with van der Waals surface area (Å²) in [5.74, 6) is 0.266. The van der Waals surface area contributed by atoms with E-state index in [1.807, 2.05) is 6.92 Å². The second kappa shape index (κ2) is 6.57. The number of aromatic nitrogens is 4. The van der Waals surface area contributed by atoms with E-state index in [2.05, 4.69) is 25.3 Å². The Labute approximate surface area is 168 Å². The molecule has 2 unspecified atom stereocenters. The Kier molecular flexibility index (Phi) is 4.11. The standard InChI is InChI=1S/C21H23N5O3/c1-13-2-3-24-17(25-13)19(28)29-21-9-14-6-15(10-21)8-20(7-14,12-21)26-18(27)16-11-22-4-5-23-16/h2-5,11,14-15H,6-10,12H2,1H3,(H,26,27). The van der Waals surface area contributed by atoms with Gasteiger partial charge in [-0.05, 0) is 56.9 Å². The molecule has 4 aliphatic carbocycles. The Balaban J connectivity index is 1.38. The Morgan fingerprint density at radius 1 is 1.10 bits per heavy atom. The number of aryl methyl sites for hydroxylation is 1. The first-order valence-electron chi connectivity index (χ1n) is 10.1. The molecule has 150 valence electrons. The summed E-state index contributed by atoms with van der Waals surface area (Å²) in [5, 5.41) is 3.22. The van der Waals surface area contributed by atoms with E-state index in [0.717, 1.165) is 37.8 Å². The van der Waals surface area contributed by atoms with Crippen LogP contribution in [-0.4, -0.2) is 43.0 Å². The number of ether oxygens (including phenoxy) is 1. The van der Waals surface area contributed by atoms with Gasteiger partial charge in [0.25, 0.3) is 5.91 Å². The highest BCUT2D eigenvalue weighted by molar-refractivity contribution is 5.92. The summed E-state index contributed by atoms with van der Waals surface area (Å²) in [7, 11) is 0. The predicted molar refractivity (Wildman–Crippen MR) is 102 cm³/mol. The molecule has 2 heterocycles. The summed E-state index contributed by atoms with van der Waals surface area (Å²) in [5.41, 5.74) is 0.101. The first-order chi connectivity index (χ1) is 13.9. The molecule has 2 atom stereocenters. The fourth-order valence-electron chi connectivity index (χ4n) is 5.95. The fourth-order valence-corrected chi connectivity index (χ4v) is 5.95. The van der Waals surface area contributed by atoms with Gasteiger partial charge in [0.1, 0.15) is 11.3 Å². The van der Waals surface area contributed by atoms with Crippen LogP contribution in [0.15, 0.2) is 30.9 Å². The van der Waals surface area contributed by atoms with Crippen molar-refractivity contribution in [2.45, 2.75) is 56.6 Å². The first-order valence-corrected chi connectivity index (χ1v) is 10.1. The summed E-state index contributed by atoms with van der Waals surface area (Å²) in [4.78, 5) is 41.9. The molecule has 6 rings (SSSR count). The maximum atomic E-state index is 12.8. The molecule has 0 aromatic carbocycles. The van der Waals surface area contributed by atoms with E-state index in [-0.39, 0.29) is 17.3 Å². The van der Waals surface area contributed by atoms with E-state index in [1.54, 1.807) is 18.5 Å². The molecular formula is C21H23N5O3. The van der Waals surface area contributed by atoms with Crippen molar-refractivity contribution in [3.05, 3.63) is 48.1 Å². The Hall–Kier alpha value is -2.90. The lowest BCUT2D eigenvalue weighted by molar-refractivity contribution is -0.145. The van der Waals surface area contributed by atoms with Crippen molar-refractivity contribution in [3.63, 3.8) is 0 Å². The molecule has 8 heteroatoms. The molecule has 1 N–H and O–H groups in total. The van der Waals surface area contributed by atoms with E-state index >= 15 is 0 Å². The van der Waals surface area contributed by atoms with Gasteiger partial charge in [-0.1, -0.05) is 0 Å². The zero-order valence-electron chi connectivity index (χ0n) is 16.3. The quantitative estimate of drug-likeness (QED) is 0.794. The summed E-state index contributed by atoms with van der Waals surface area (Å²) in [6, 6.07) is 1.75. The van der Waals surface area contributed by atoms with Gasteiger partial charge < -0.3 is 10.1 Å². The summed E-state index contributed by atoms with van der Waals surface area (Å²) >= 11 is 0. The zero-order chi connectivity index (χ0) is 20.1. The number of rotatable bonds is 4. The predicted octanol–water partition coefficient (Wildman–Crippen LogP) is 2.25. The van der Waals surface area contributed by atoms with Gasteiger partial charge in [-0.15, -0.1) is 0 Å². The molecule has 0 saturated heterocycles. The Bertz CT molecular complexity index is 950. The van der Waals surface area contributed by atoms with Crippen LogP contribution in [-0.2, 0) is 4.74 Å². The first kappa shape index (κ1) is 18.1. The second-order valence-corrected chi connectivity index (χ2v) is 8.88. The highest BCUT2D eigenvalue weighted by atomic mass is 16.6. The number of hydrogen-bond donors (Lipinski definition) is 1. The summed E-state index contributed by atoms with van der Waals surface area (Å²) in [6.07, 6.45) is 11.4. The topological polar surface area (TPSA) is 107 Å². The zero-order valence-corrected chi connectivity index (χ0v) is 16.3. The van der Waals surface area contributed by atoms with E-state index in [1.165, 1.54) is 12.4 Å². The maximum Gasteiger partial charge on any atom is 0.376 e.